The number of halogens is 4. The summed E-state index contributed by atoms with van der Waals surface area (Å²) in [6, 6.07) is 8.05. The van der Waals surface area contributed by atoms with Gasteiger partial charge < -0.3 is 20.7 Å². The Balaban J connectivity index is 2.24. The van der Waals surface area contributed by atoms with Crippen LogP contribution in [-0.2, 0) is 19.2 Å². The molecule has 0 aromatic heterocycles. The first-order valence-electron chi connectivity index (χ1n) is 12.1. The zero-order chi connectivity index (χ0) is 29.5. The Morgan fingerprint density at radius 1 is 0.769 bits per heavy atom. The Kier molecular flexibility index (Phi) is 10.9. The summed E-state index contributed by atoms with van der Waals surface area (Å²) < 4.78 is 44.5. The van der Waals surface area contributed by atoms with Crippen molar-refractivity contribution in [3.63, 3.8) is 0 Å². The predicted octanol–water partition coefficient (Wildman–Crippen LogP) is 4.09. The first kappa shape index (κ1) is 31.6. The van der Waals surface area contributed by atoms with Crippen LogP contribution >= 0.6 is 11.6 Å². The Morgan fingerprint density at radius 3 is 1.79 bits per heavy atom. The number of carbonyl (C=O) groups is 4. The van der Waals surface area contributed by atoms with E-state index in [0.29, 0.717) is 16.3 Å². The number of ketones is 1. The topological polar surface area (TPSA) is 114 Å². The van der Waals surface area contributed by atoms with Crippen LogP contribution in [0.25, 0.3) is 0 Å². The third kappa shape index (κ3) is 8.71. The Morgan fingerprint density at radius 2 is 1.31 bits per heavy atom. The average molecular weight is 570 g/mol. The molecule has 2 rings (SSSR count). The number of alkyl halides is 3. The largest absolute Gasteiger partial charge is 0.497 e. The van der Waals surface area contributed by atoms with Gasteiger partial charge in [-0.2, -0.15) is 13.2 Å². The lowest BCUT2D eigenvalue weighted by molar-refractivity contribution is -0.175. The van der Waals surface area contributed by atoms with Gasteiger partial charge in [-0.1, -0.05) is 49.7 Å². The van der Waals surface area contributed by atoms with Gasteiger partial charge in [0.05, 0.1) is 19.1 Å². The molecule has 0 radical (unpaired) electrons. The van der Waals surface area contributed by atoms with Crippen LogP contribution in [0.2, 0.25) is 5.02 Å². The summed E-state index contributed by atoms with van der Waals surface area (Å²) in [4.78, 5) is 50.9. The normalized spacial score (nSPS) is 14.5. The summed E-state index contributed by atoms with van der Waals surface area (Å²) in [6.07, 6.45) is -5.17. The summed E-state index contributed by atoms with van der Waals surface area (Å²) in [5.74, 6) is -5.46. The van der Waals surface area contributed by atoms with Crippen LogP contribution < -0.4 is 20.7 Å². The third-order valence-corrected chi connectivity index (χ3v) is 6.29. The number of benzene rings is 2. The second kappa shape index (κ2) is 13.5. The number of hydrogen-bond donors (Lipinski definition) is 3. The molecular weight excluding hydrogens is 539 g/mol. The van der Waals surface area contributed by atoms with Gasteiger partial charge >= 0.3 is 6.18 Å². The highest BCUT2D eigenvalue weighted by atomic mass is 35.5. The standard InChI is InChI=1S/C27H31ClF3N3O5/c1-14(2)21(23(35)27(29,30)31)33-26(38)22(18-8-12-20(39-5)13-9-18)34-25(37)16(4)32-24(36)15(3)17-6-10-19(28)11-7-17/h6-16,21-22H,1-5H3,(H,32,36)(H,33,38)(H,34,37)/t15-,16-,21-,22-/m0/s1. The molecule has 12 heteroatoms. The van der Waals surface area contributed by atoms with Crippen LogP contribution in [-0.4, -0.2) is 48.9 Å². The highest BCUT2D eigenvalue weighted by Gasteiger charge is 2.45. The molecule has 0 spiro atoms. The number of amides is 3. The van der Waals surface area contributed by atoms with Gasteiger partial charge in [0.2, 0.25) is 17.7 Å². The molecule has 0 heterocycles. The van der Waals surface area contributed by atoms with Gasteiger partial charge in [0.15, 0.2) is 0 Å². The summed E-state index contributed by atoms with van der Waals surface area (Å²) in [6.45, 7) is 5.75. The maximum absolute atomic E-state index is 13.2. The Hall–Kier alpha value is -3.60. The van der Waals surface area contributed by atoms with E-state index in [1.165, 1.54) is 52.1 Å². The minimum atomic E-state index is -5.17. The monoisotopic (exact) mass is 569 g/mol. The highest BCUT2D eigenvalue weighted by molar-refractivity contribution is 6.30. The van der Waals surface area contributed by atoms with Crippen LogP contribution in [0.1, 0.15) is 50.8 Å². The van der Waals surface area contributed by atoms with Gasteiger partial charge in [0, 0.05) is 5.02 Å². The van der Waals surface area contributed by atoms with Gasteiger partial charge in [-0.25, -0.2) is 0 Å². The SMILES string of the molecule is COc1ccc([C@H](NC(=O)[C@H](C)NC(=O)[C@@H](C)c2ccc(Cl)cc2)C(=O)N[C@H](C(=O)C(F)(F)F)C(C)C)cc1. The van der Waals surface area contributed by atoms with E-state index < -0.39 is 59.6 Å². The van der Waals surface area contributed by atoms with Crippen molar-refractivity contribution in [3.8, 4) is 5.75 Å². The summed E-state index contributed by atoms with van der Waals surface area (Å²) in [7, 11) is 1.42. The average Bonchev–Trinajstić information content (AvgIpc) is 2.88. The van der Waals surface area contributed by atoms with E-state index in [0.717, 1.165) is 0 Å². The van der Waals surface area contributed by atoms with E-state index in [2.05, 4.69) is 16.0 Å². The molecule has 39 heavy (non-hydrogen) atoms. The van der Waals surface area contributed by atoms with Crippen molar-refractivity contribution < 1.29 is 37.1 Å². The molecule has 3 N–H and O–H groups in total. The lowest BCUT2D eigenvalue weighted by Gasteiger charge is -2.27. The third-order valence-electron chi connectivity index (χ3n) is 6.04. The van der Waals surface area contributed by atoms with Crippen molar-refractivity contribution in [2.75, 3.05) is 7.11 Å². The number of hydrogen-bond acceptors (Lipinski definition) is 5. The first-order valence-corrected chi connectivity index (χ1v) is 12.4. The minimum absolute atomic E-state index is 0.219. The van der Waals surface area contributed by atoms with E-state index in [1.54, 1.807) is 31.2 Å². The van der Waals surface area contributed by atoms with E-state index in [9.17, 15) is 32.3 Å². The fraction of sp³-hybridized carbons (Fsp3) is 0.407. The van der Waals surface area contributed by atoms with Crippen molar-refractivity contribution in [2.24, 2.45) is 5.92 Å². The molecular formula is C27H31ClF3N3O5. The number of methoxy groups -OCH3 is 1. The van der Waals surface area contributed by atoms with Gasteiger partial charge in [0.1, 0.15) is 17.8 Å². The molecule has 3 amide bonds. The fourth-order valence-corrected chi connectivity index (χ4v) is 3.74. The van der Waals surface area contributed by atoms with Crippen LogP contribution in [0.5, 0.6) is 5.75 Å². The molecule has 2 aromatic rings. The second-order valence-corrected chi connectivity index (χ2v) is 9.75. The number of carbonyl (C=O) groups excluding carboxylic acids is 4. The molecule has 0 aliphatic carbocycles. The van der Waals surface area contributed by atoms with Crippen molar-refractivity contribution >= 4 is 35.1 Å². The molecule has 2 aromatic carbocycles. The summed E-state index contributed by atoms with van der Waals surface area (Å²) in [5, 5.41) is 7.66. The molecule has 0 aliphatic rings. The van der Waals surface area contributed by atoms with Crippen molar-refractivity contribution in [1.29, 1.82) is 0 Å². The van der Waals surface area contributed by atoms with E-state index in [-0.39, 0.29) is 5.56 Å². The van der Waals surface area contributed by atoms with Crippen LogP contribution in [0.3, 0.4) is 0 Å². The maximum atomic E-state index is 13.2. The molecule has 0 unspecified atom stereocenters. The van der Waals surface area contributed by atoms with Crippen LogP contribution in [0.4, 0.5) is 13.2 Å². The van der Waals surface area contributed by atoms with Crippen LogP contribution in [0.15, 0.2) is 48.5 Å². The van der Waals surface area contributed by atoms with Crippen LogP contribution in [0, 0.1) is 5.92 Å². The molecule has 0 saturated heterocycles. The lowest BCUT2D eigenvalue weighted by atomic mass is 9.97. The molecule has 0 bridgehead atoms. The number of Topliss-reactive ketones (excluding diaryl/α,β-unsaturated/α-hetero) is 1. The molecule has 8 nitrogen and oxygen atoms in total. The van der Waals surface area contributed by atoms with E-state index >= 15 is 0 Å². The zero-order valence-corrected chi connectivity index (χ0v) is 22.8. The maximum Gasteiger partial charge on any atom is 0.452 e. The summed E-state index contributed by atoms with van der Waals surface area (Å²) in [5.41, 5.74) is 0.880. The zero-order valence-electron chi connectivity index (χ0n) is 22.1. The Labute approximate surface area is 229 Å². The molecule has 0 fully saturated rings. The van der Waals surface area contributed by atoms with Gasteiger partial charge in [0.25, 0.3) is 5.78 Å². The summed E-state index contributed by atoms with van der Waals surface area (Å²) >= 11 is 5.88. The van der Waals surface area contributed by atoms with Crippen molar-refractivity contribution in [3.05, 3.63) is 64.7 Å². The predicted molar refractivity (Wildman–Crippen MR) is 139 cm³/mol. The molecule has 4 atom stereocenters. The highest BCUT2D eigenvalue weighted by Crippen LogP contribution is 2.23. The smallest absolute Gasteiger partial charge is 0.452 e. The van der Waals surface area contributed by atoms with Gasteiger partial charge in [-0.15, -0.1) is 0 Å². The fourth-order valence-electron chi connectivity index (χ4n) is 3.62. The lowest BCUT2D eigenvalue weighted by Crippen LogP contribution is -2.54. The van der Waals surface area contributed by atoms with E-state index in [4.69, 9.17) is 16.3 Å². The van der Waals surface area contributed by atoms with Crippen molar-refractivity contribution in [1.82, 2.24) is 16.0 Å². The number of ether oxygens (including phenoxy) is 1. The Bertz CT molecular complexity index is 1170. The molecule has 212 valence electrons. The molecule has 0 aliphatic heterocycles. The molecule has 0 saturated carbocycles. The quantitative estimate of drug-likeness (QED) is 0.377. The van der Waals surface area contributed by atoms with E-state index in [1.807, 2.05) is 0 Å². The first-order chi connectivity index (χ1) is 18.1. The number of nitrogens with one attached hydrogen (secondary N) is 3. The number of rotatable bonds is 11. The van der Waals surface area contributed by atoms with Crippen molar-refractivity contribution in [2.45, 2.75) is 57.9 Å². The van der Waals surface area contributed by atoms with Gasteiger partial charge in [-0.3, -0.25) is 19.2 Å². The minimum Gasteiger partial charge on any atom is -0.497 e. The second-order valence-electron chi connectivity index (χ2n) is 9.31. The van der Waals surface area contributed by atoms with Gasteiger partial charge in [-0.05, 0) is 55.2 Å².